The Hall–Kier alpha value is -0.0800. The maximum Gasteiger partial charge on any atom is 0.188 e. The van der Waals surface area contributed by atoms with Crippen LogP contribution in [0, 0.1) is 0 Å². The summed E-state index contributed by atoms with van der Waals surface area (Å²) in [5.74, 6) is 0.587. The van der Waals surface area contributed by atoms with Crippen LogP contribution in [0.2, 0.25) is 0 Å². The molecule has 2 heterocycles. The molecule has 0 aromatic carbocycles. The van der Waals surface area contributed by atoms with Crippen molar-refractivity contribution >= 4 is 29.9 Å². The van der Waals surface area contributed by atoms with Crippen LogP contribution < -0.4 is 11.1 Å². The standard InChI is InChI=1S/C15H30N4O.HI/c1-2-19-10-5-6-13(19)12-18-15(16)17-9-8-14-7-3-4-11-20-14;/h13-14H,2-12H2,1H3,(H3,16,17,18);1H. The second-order valence-electron chi connectivity index (χ2n) is 5.85. The van der Waals surface area contributed by atoms with Crippen molar-refractivity contribution in [1.29, 1.82) is 0 Å². The van der Waals surface area contributed by atoms with Crippen molar-refractivity contribution < 1.29 is 4.74 Å². The highest BCUT2D eigenvalue weighted by molar-refractivity contribution is 14.0. The summed E-state index contributed by atoms with van der Waals surface area (Å²) in [4.78, 5) is 6.98. The number of nitrogens with zero attached hydrogens (tertiary/aromatic N) is 2. The normalized spacial score (nSPS) is 27.4. The van der Waals surface area contributed by atoms with Gasteiger partial charge in [0.1, 0.15) is 0 Å². The number of nitrogens with two attached hydrogens (primary N) is 1. The Morgan fingerprint density at radius 3 is 2.90 bits per heavy atom. The summed E-state index contributed by atoms with van der Waals surface area (Å²) in [6.45, 7) is 7.15. The fourth-order valence-corrected chi connectivity index (χ4v) is 3.17. The van der Waals surface area contributed by atoms with Gasteiger partial charge in [-0.3, -0.25) is 9.89 Å². The first kappa shape index (κ1) is 19.0. The maximum atomic E-state index is 5.93. The molecule has 0 aliphatic carbocycles. The molecule has 2 rings (SSSR count). The van der Waals surface area contributed by atoms with Gasteiger partial charge in [-0.1, -0.05) is 6.92 Å². The number of likely N-dealkylation sites (N-methyl/N-ethyl adjacent to an activating group) is 1. The lowest BCUT2D eigenvalue weighted by Crippen LogP contribution is -2.37. The average molecular weight is 410 g/mol. The zero-order valence-electron chi connectivity index (χ0n) is 13.2. The van der Waals surface area contributed by atoms with Gasteiger partial charge >= 0.3 is 0 Å². The Kier molecular flexibility index (Phi) is 9.59. The first-order valence-electron chi connectivity index (χ1n) is 8.19. The molecule has 0 bridgehead atoms. The van der Waals surface area contributed by atoms with Gasteiger partial charge in [-0.25, -0.2) is 0 Å². The number of hydrogen-bond donors (Lipinski definition) is 2. The van der Waals surface area contributed by atoms with Gasteiger partial charge in [0.25, 0.3) is 0 Å². The molecule has 2 saturated heterocycles. The number of nitrogens with one attached hydrogen (secondary N) is 1. The van der Waals surface area contributed by atoms with E-state index in [9.17, 15) is 0 Å². The van der Waals surface area contributed by atoms with Crippen molar-refractivity contribution in [3.8, 4) is 0 Å². The molecule has 124 valence electrons. The summed E-state index contributed by atoms with van der Waals surface area (Å²) >= 11 is 0. The minimum Gasteiger partial charge on any atom is -0.378 e. The van der Waals surface area contributed by atoms with E-state index in [2.05, 4.69) is 22.1 Å². The minimum atomic E-state index is 0. The summed E-state index contributed by atoms with van der Waals surface area (Å²) in [7, 11) is 0. The van der Waals surface area contributed by atoms with Crippen LogP contribution in [-0.2, 0) is 4.74 Å². The number of rotatable bonds is 6. The molecular formula is C15H31IN4O. The predicted molar refractivity (Wildman–Crippen MR) is 98.4 cm³/mol. The number of aliphatic imine (C=N–C) groups is 1. The Morgan fingerprint density at radius 2 is 2.19 bits per heavy atom. The van der Waals surface area contributed by atoms with Crippen molar-refractivity contribution in [1.82, 2.24) is 10.2 Å². The zero-order chi connectivity index (χ0) is 14.2. The van der Waals surface area contributed by atoms with Crippen molar-refractivity contribution in [3.63, 3.8) is 0 Å². The second kappa shape index (κ2) is 10.6. The highest BCUT2D eigenvalue weighted by Crippen LogP contribution is 2.16. The van der Waals surface area contributed by atoms with Gasteiger partial charge in [-0.15, -0.1) is 24.0 Å². The number of hydrogen-bond acceptors (Lipinski definition) is 3. The van der Waals surface area contributed by atoms with Crippen molar-refractivity contribution in [3.05, 3.63) is 0 Å². The minimum absolute atomic E-state index is 0. The SMILES string of the molecule is CCN1CCCC1CN=C(N)NCCC1CCCCO1.I. The molecular weight excluding hydrogens is 379 g/mol. The van der Waals surface area contributed by atoms with Gasteiger partial charge in [-0.05, 0) is 51.6 Å². The van der Waals surface area contributed by atoms with Gasteiger partial charge in [-0.2, -0.15) is 0 Å². The summed E-state index contributed by atoms with van der Waals surface area (Å²) in [6, 6.07) is 0.585. The molecule has 6 heteroatoms. The molecule has 2 fully saturated rings. The lowest BCUT2D eigenvalue weighted by molar-refractivity contribution is 0.0122. The van der Waals surface area contributed by atoms with E-state index in [-0.39, 0.29) is 24.0 Å². The molecule has 2 aliphatic rings. The van der Waals surface area contributed by atoms with E-state index in [4.69, 9.17) is 10.5 Å². The summed E-state index contributed by atoms with van der Waals surface area (Å²) in [6.07, 6.45) is 7.67. The fraction of sp³-hybridized carbons (Fsp3) is 0.933. The largest absolute Gasteiger partial charge is 0.378 e. The van der Waals surface area contributed by atoms with E-state index in [1.807, 2.05) is 0 Å². The van der Waals surface area contributed by atoms with Crippen LogP contribution in [0.1, 0.15) is 45.4 Å². The molecule has 0 amide bonds. The molecule has 0 radical (unpaired) electrons. The second-order valence-corrected chi connectivity index (χ2v) is 5.85. The van der Waals surface area contributed by atoms with Gasteiger partial charge < -0.3 is 15.8 Å². The topological polar surface area (TPSA) is 62.9 Å². The summed E-state index contributed by atoms with van der Waals surface area (Å²) < 4.78 is 5.70. The highest BCUT2D eigenvalue weighted by Gasteiger charge is 2.22. The quantitative estimate of drug-likeness (QED) is 0.399. The van der Waals surface area contributed by atoms with Gasteiger partial charge in [0.05, 0.1) is 12.6 Å². The summed E-state index contributed by atoms with van der Waals surface area (Å²) in [5, 5.41) is 3.22. The van der Waals surface area contributed by atoms with E-state index in [0.29, 0.717) is 18.1 Å². The maximum absolute atomic E-state index is 5.93. The molecule has 0 saturated carbocycles. The first-order chi connectivity index (χ1) is 9.79. The van der Waals surface area contributed by atoms with Crippen LogP contribution in [0.15, 0.2) is 4.99 Å². The molecule has 21 heavy (non-hydrogen) atoms. The monoisotopic (exact) mass is 410 g/mol. The van der Waals surface area contributed by atoms with Crippen LogP contribution >= 0.6 is 24.0 Å². The van der Waals surface area contributed by atoms with Crippen molar-refractivity contribution in [2.75, 3.05) is 32.8 Å². The smallest absolute Gasteiger partial charge is 0.188 e. The van der Waals surface area contributed by atoms with Crippen molar-refractivity contribution in [2.24, 2.45) is 10.7 Å². The van der Waals surface area contributed by atoms with Crippen LogP contribution in [-0.4, -0.2) is 55.8 Å². The van der Waals surface area contributed by atoms with Gasteiger partial charge in [0, 0.05) is 19.2 Å². The van der Waals surface area contributed by atoms with Crippen LogP contribution in [0.3, 0.4) is 0 Å². The Labute approximate surface area is 146 Å². The molecule has 0 spiro atoms. The number of guanidine groups is 1. The molecule has 2 aliphatic heterocycles. The van der Waals surface area contributed by atoms with E-state index in [0.717, 1.165) is 32.7 Å². The Balaban J connectivity index is 0.00000220. The molecule has 2 unspecified atom stereocenters. The summed E-state index contributed by atoms with van der Waals surface area (Å²) in [5.41, 5.74) is 5.93. The third-order valence-electron chi connectivity index (χ3n) is 4.42. The van der Waals surface area contributed by atoms with Gasteiger partial charge in [0.2, 0.25) is 0 Å². The molecule has 3 N–H and O–H groups in total. The van der Waals surface area contributed by atoms with Crippen LogP contribution in [0.25, 0.3) is 0 Å². The molecule has 5 nitrogen and oxygen atoms in total. The predicted octanol–water partition coefficient (Wildman–Crippen LogP) is 1.95. The first-order valence-corrected chi connectivity index (χ1v) is 8.19. The fourth-order valence-electron chi connectivity index (χ4n) is 3.17. The third-order valence-corrected chi connectivity index (χ3v) is 4.42. The van der Waals surface area contributed by atoms with Crippen LogP contribution in [0.4, 0.5) is 0 Å². The van der Waals surface area contributed by atoms with Crippen LogP contribution in [0.5, 0.6) is 0 Å². The third kappa shape index (κ3) is 6.69. The molecule has 2 atom stereocenters. The zero-order valence-corrected chi connectivity index (χ0v) is 15.6. The lowest BCUT2D eigenvalue weighted by atomic mass is 10.1. The number of likely N-dealkylation sites (tertiary alicyclic amines) is 1. The molecule has 0 aromatic heterocycles. The van der Waals surface area contributed by atoms with E-state index in [1.165, 1.54) is 38.6 Å². The molecule has 0 aromatic rings. The van der Waals surface area contributed by atoms with E-state index < -0.39 is 0 Å². The number of halogens is 1. The van der Waals surface area contributed by atoms with E-state index >= 15 is 0 Å². The van der Waals surface area contributed by atoms with E-state index in [1.54, 1.807) is 0 Å². The number of ether oxygens (including phenoxy) is 1. The van der Waals surface area contributed by atoms with Crippen molar-refractivity contribution in [2.45, 2.75) is 57.6 Å². The van der Waals surface area contributed by atoms with Gasteiger partial charge in [0.15, 0.2) is 5.96 Å². The Bertz CT molecular complexity index is 308. The lowest BCUT2D eigenvalue weighted by Gasteiger charge is -2.23. The Morgan fingerprint density at radius 1 is 1.33 bits per heavy atom. The average Bonchev–Trinajstić information content (AvgIpc) is 2.94. The highest BCUT2D eigenvalue weighted by atomic mass is 127.